The molecule has 0 N–H and O–H groups in total. The molecule has 0 atom stereocenters. The fraction of sp³-hybridized carbons (Fsp3) is 0.476. The van der Waals surface area contributed by atoms with E-state index in [1.54, 1.807) is 18.2 Å². The molecule has 1 aromatic carbocycles. The highest BCUT2D eigenvalue weighted by Gasteiger charge is 2.28. The number of likely N-dealkylation sites (tertiary alicyclic amines) is 1. The average Bonchev–Trinajstić information content (AvgIpc) is 3.14. The molecule has 0 aliphatic carbocycles. The van der Waals surface area contributed by atoms with Gasteiger partial charge in [0.15, 0.2) is 5.78 Å². The van der Waals surface area contributed by atoms with Crippen LogP contribution in [-0.4, -0.2) is 64.8 Å². The van der Waals surface area contributed by atoms with Gasteiger partial charge in [0.05, 0.1) is 5.56 Å². The van der Waals surface area contributed by atoms with Crippen LogP contribution in [0.2, 0.25) is 0 Å². The Morgan fingerprint density at radius 1 is 1.15 bits per heavy atom. The molecule has 1 aliphatic rings. The minimum atomic E-state index is -0.0724. The molecule has 2 heterocycles. The molecule has 1 saturated heterocycles. The number of piperidine rings is 1. The van der Waals surface area contributed by atoms with Crippen molar-refractivity contribution in [2.45, 2.75) is 32.2 Å². The van der Waals surface area contributed by atoms with Gasteiger partial charge in [0.2, 0.25) is 0 Å². The second kappa shape index (κ2) is 8.48. The molecule has 144 valence electrons. The number of rotatable bonds is 6. The van der Waals surface area contributed by atoms with E-state index in [9.17, 15) is 9.59 Å². The summed E-state index contributed by atoms with van der Waals surface area (Å²) in [5.41, 5.74) is 1.01. The molecule has 0 saturated carbocycles. The summed E-state index contributed by atoms with van der Waals surface area (Å²) in [5, 5.41) is 0. The molecule has 1 aromatic heterocycles. The minimum absolute atomic E-state index is 0.0461. The number of hydrogen-bond donors (Lipinski definition) is 0. The zero-order chi connectivity index (χ0) is 19.4. The number of carbonyl (C=O) groups excluding carboxylic acids is 2. The van der Waals surface area contributed by atoms with Gasteiger partial charge in [-0.1, -0.05) is 18.2 Å². The van der Waals surface area contributed by atoms with E-state index in [-0.39, 0.29) is 11.7 Å². The molecule has 6 nitrogen and oxygen atoms in total. The van der Waals surface area contributed by atoms with Crippen LogP contribution in [0.15, 0.2) is 36.7 Å². The Balaban J connectivity index is 1.65. The van der Waals surface area contributed by atoms with Crippen molar-refractivity contribution < 1.29 is 9.59 Å². The van der Waals surface area contributed by atoms with Crippen molar-refractivity contribution in [3.8, 4) is 0 Å². The van der Waals surface area contributed by atoms with E-state index in [4.69, 9.17) is 0 Å². The number of Topliss-reactive ketones (excluding diaryl/α,β-unsaturated/α-hetero) is 1. The predicted octanol–water partition coefficient (Wildman–Crippen LogP) is 2.67. The van der Waals surface area contributed by atoms with Crippen LogP contribution in [0.1, 0.15) is 52.2 Å². The molecule has 1 fully saturated rings. The molecule has 2 aromatic rings. The number of ketones is 1. The van der Waals surface area contributed by atoms with E-state index in [0.29, 0.717) is 30.1 Å². The summed E-state index contributed by atoms with van der Waals surface area (Å²) >= 11 is 0. The van der Waals surface area contributed by atoms with Crippen molar-refractivity contribution in [2.24, 2.45) is 0 Å². The van der Waals surface area contributed by atoms with Crippen molar-refractivity contribution in [3.63, 3.8) is 0 Å². The summed E-state index contributed by atoms with van der Waals surface area (Å²) in [4.78, 5) is 33.3. The first-order valence-corrected chi connectivity index (χ1v) is 9.52. The van der Waals surface area contributed by atoms with Gasteiger partial charge in [-0.2, -0.15) is 0 Å². The topological polar surface area (TPSA) is 58.4 Å². The number of imidazole rings is 1. The van der Waals surface area contributed by atoms with E-state index in [1.807, 2.05) is 23.4 Å². The molecular formula is C21H28N4O2. The number of hydrogen-bond acceptors (Lipinski definition) is 4. The Labute approximate surface area is 160 Å². The molecule has 3 rings (SSSR count). The van der Waals surface area contributed by atoms with Gasteiger partial charge in [0.1, 0.15) is 5.82 Å². The quantitative estimate of drug-likeness (QED) is 0.736. The second-order valence-electron chi connectivity index (χ2n) is 7.45. The Morgan fingerprint density at radius 2 is 1.81 bits per heavy atom. The highest BCUT2D eigenvalue weighted by molar-refractivity contribution is 6.07. The Bertz CT molecular complexity index is 804. The molecular weight excluding hydrogens is 340 g/mol. The van der Waals surface area contributed by atoms with Crippen LogP contribution >= 0.6 is 0 Å². The van der Waals surface area contributed by atoms with E-state index in [2.05, 4.69) is 28.5 Å². The van der Waals surface area contributed by atoms with Gasteiger partial charge in [-0.3, -0.25) is 9.59 Å². The number of benzene rings is 1. The Kier molecular flexibility index (Phi) is 6.06. The molecule has 0 bridgehead atoms. The van der Waals surface area contributed by atoms with Crippen molar-refractivity contribution in [1.82, 2.24) is 19.4 Å². The number of nitrogens with zero attached hydrogens (tertiary/aromatic N) is 4. The molecule has 27 heavy (non-hydrogen) atoms. The largest absolute Gasteiger partial charge is 0.339 e. The first-order chi connectivity index (χ1) is 13.0. The SMILES string of the molecule is CC(=O)c1ccccc1C(=O)N1CCC(c2nccn2CCN(C)C)CC1. The van der Waals surface area contributed by atoms with Crippen LogP contribution in [0.25, 0.3) is 0 Å². The monoisotopic (exact) mass is 368 g/mol. The lowest BCUT2D eigenvalue weighted by Crippen LogP contribution is -2.39. The van der Waals surface area contributed by atoms with Crippen LogP contribution in [0.5, 0.6) is 0 Å². The molecule has 1 amide bonds. The Morgan fingerprint density at radius 3 is 2.44 bits per heavy atom. The lowest BCUT2D eigenvalue weighted by molar-refractivity contribution is 0.0706. The van der Waals surface area contributed by atoms with Crippen LogP contribution in [0.4, 0.5) is 0 Å². The normalized spacial score (nSPS) is 15.3. The van der Waals surface area contributed by atoms with Gasteiger partial charge in [0.25, 0.3) is 5.91 Å². The standard InChI is InChI=1S/C21H28N4O2/c1-16(26)18-6-4-5-7-19(18)21(27)25-11-8-17(9-12-25)20-22-10-13-24(20)15-14-23(2)3/h4-7,10,13,17H,8-9,11-12,14-15H2,1-3H3. The van der Waals surface area contributed by atoms with Crippen molar-refractivity contribution in [3.05, 3.63) is 53.6 Å². The van der Waals surface area contributed by atoms with E-state index in [0.717, 1.165) is 31.8 Å². The maximum Gasteiger partial charge on any atom is 0.254 e. The van der Waals surface area contributed by atoms with Crippen LogP contribution in [0.3, 0.4) is 0 Å². The number of aromatic nitrogens is 2. The maximum atomic E-state index is 12.9. The van der Waals surface area contributed by atoms with Gasteiger partial charge >= 0.3 is 0 Å². The first kappa shape index (κ1) is 19.3. The minimum Gasteiger partial charge on any atom is -0.339 e. The lowest BCUT2D eigenvalue weighted by Gasteiger charge is -2.32. The van der Waals surface area contributed by atoms with Gasteiger partial charge in [-0.05, 0) is 39.9 Å². The first-order valence-electron chi connectivity index (χ1n) is 9.52. The highest BCUT2D eigenvalue weighted by Crippen LogP contribution is 2.28. The van der Waals surface area contributed by atoms with Gasteiger partial charge in [0, 0.05) is 50.1 Å². The average molecular weight is 368 g/mol. The predicted molar refractivity (Wildman–Crippen MR) is 105 cm³/mol. The molecule has 1 aliphatic heterocycles. The third kappa shape index (κ3) is 4.45. The maximum absolute atomic E-state index is 12.9. The third-order valence-electron chi connectivity index (χ3n) is 5.22. The van der Waals surface area contributed by atoms with Gasteiger partial charge in [-0.15, -0.1) is 0 Å². The smallest absolute Gasteiger partial charge is 0.254 e. The molecule has 0 unspecified atom stereocenters. The summed E-state index contributed by atoms with van der Waals surface area (Å²) in [6.07, 6.45) is 5.70. The zero-order valence-electron chi connectivity index (χ0n) is 16.4. The van der Waals surface area contributed by atoms with Crippen LogP contribution in [0, 0.1) is 0 Å². The summed E-state index contributed by atoms with van der Waals surface area (Å²) in [6, 6.07) is 7.09. The molecule has 0 spiro atoms. The summed E-state index contributed by atoms with van der Waals surface area (Å²) < 4.78 is 2.23. The van der Waals surface area contributed by atoms with Crippen LogP contribution < -0.4 is 0 Å². The van der Waals surface area contributed by atoms with E-state index in [1.165, 1.54) is 6.92 Å². The lowest BCUT2D eigenvalue weighted by atomic mass is 9.94. The second-order valence-corrected chi connectivity index (χ2v) is 7.45. The number of carbonyl (C=O) groups is 2. The molecule has 6 heteroatoms. The van der Waals surface area contributed by atoms with Gasteiger partial charge < -0.3 is 14.4 Å². The fourth-order valence-electron chi connectivity index (χ4n) is 3.67. The summed E-state index contributed by atoms with van der Waals surface area (Å²) in [7, 11) is 4.14. The van der Waals surface area contributed by atoms with Crippen molar-refractivity contribution in [1.29, 1.82) is 0 Å². The van der Waals surface area contributed by atoms with E-state index >= 15 is 0 Å². The Hall–Kier alpha value is -2.47. The zero-order valence-corrected chi connectivity index (χ0v) is 16.4. The highest BCUT2D eigenvalue weighted by atomic mass is 16.2. The van der Waals surface area contributed by atoms with Crippen molar-refractivity contribution in [2.75, 3.05) is 33.7 Å². The van der Waals surface area contributed by atoms with E-state index < -0.39 is 0 Å². The number of likely N-dealkylation sites (N-methyl/N-ethyl adjacent to an activating group) is 1. The third-order valence-corrected chi connectivity index (χ3v) is 5.22. The summed E-state index contributed by atoms with van der Waals surface area (Å²) in [6.45, 7) is 4.79. The van der Waals surface area contributed by atoms with Crippen molar-refractivity contribution >= 4 is 11.7 Å². The number of amides is 1. The summed E-state index contributed by atoms with van der Waals surface area (Å²) in [5.74, 6) is 1.37. The molecule has 0 radical (unpaired) electrons. The van der Waals surface area contributed by atoms with Gasteiger partial charge in [-0.25, -0.2) is 4.98 Å². The fourth-order valence-corrected chi connectivity index (χ4v) is 3.67. The van der Waals surface area contributed by atoms with Crippen LogP contribution in [-0.2, 0) is 6.54 Å².